The molecular weight excluding hydrogens is 427 g/mol. The minimum Gasteiger partial charge on any atom is -0.465 e. The first-order chi connectivity index (χ1) is 13.3. The summed E-state index contributed by atoms with van der Waals surface area (Å²) in [5.41, 5.74) is 1.27. The highest BCUT2D eigenvalue weighted by Crippen LogP contribution is 2.29. The van der Waals surface area contributed by atoms with E-state index >= 15 is 0 Å². The highest BCUT2D eigenvalue weighted by molar-refractivity contribution is 6.44. The molecule has 10 heteroatoms. The number of nitrogens with zero attached hydrogens (tertiary/aromatic N) is 2. The molecule has 1 aliphatic rings. The Kier molecular flexibility index (Phi) is 6.37. The molecule has 0 spiro atoms. The Balaban J connectivity index is 1.63. The summed E-state index contributed by atoms with van der Waals surface area (Å²) in [6.07, 6.45) is 1.41. The second-order valence-electron chi connectivity index (χ2n) is 6.52. The van der Waals surface area contributed by atoms with Crippen LogP contribution in [0.5, 0.6) is 0 Å². The van der Waals surface area contributed by atoms with Gasteiger partial charge in [-0.15, -0.1) is 0 Å². The first-order valence-corrected chi connectivity index (χ1v) is 9.78. The molecule has 2 aromatic heterocycles. The topological polar surface area (TPSA) is 87.3 Å². The number of methoxy groups -OCH3 is 1. The Bertz CT molecular complexity index is 908. The number of hydrogen-bond donors (Lipinski definition) is 2. The van der Waals surface area contributed by atoms with Crippen LogP contribution in [0.1, 0.15) is 39.4 Å². The Morgan fingerprint density at radius 3 is 2.46 bits per heavy atom. The largest absolute Gasteiger partial charge is 0.465 e. The van der Waals surface area contributed by atoms with E-state index in [9.17, 15) is 9.59 Å². The number of hydrogen-bond acceptors (Lipinski definition) is 5. The maximum absolute atomic E-state index is 12.5. The predicted molar refractivity (Wildman–Crippen MR) is 109 cm³/mol. The number of aromatic amines is 1. The van der Waals surface area contributed by atoms with Crippen LogP contribution in [-0.4, -0.2) is 48.1 Å². The standard InChI is InChI=1S/C18H19Cl3N4O3/c1-9-14(20)15(21)16(22-9)17(26)23-11-3-5-25(6-4-11)13-8-10(18(27)28-2)7-12(19)24-13/h7-8,11,22H,3-6H2,1-2H3,(H,23,26). The van der Waals surface area contributed by atoms with Crippen molar-refractivity contribution in [2.75, 3.05) is 25.1 Å². The summed E-state index contributed by atoms with van der Waals surface area (Å²) in [4.78, 5) is 33.5. The lowest BCUT2D eigenvalue weighted by atomic mass is 10.0. The zero-order valence-electron chi connectivity index (χ0n) is 15.3. The van der Waals surface area contributed by atoms with Crippen molar-refractivity contribution in [2.45, 2.75) is 25.8 Å². The Morgan fingerprint density at radius 2 is 1.89 bits per heavy atom. The molecule has 150 valence electrons. The fourth-order valence-electron chi connectivity index (χ4n) is 3.12. The molecule has 3 rings (SSSR count). The van der Waals surface area contributed by atoms with Crippen molar-refractivity contribution >= 4 is 52.5 Å². The number of pyridine rings is 1. The number of halogens is 3. The van der Waals surface area contributed by atoms with Crippen molar-refractivity contribution in [2.24, 2.45) is 0 Å². The lowest BCUT2D eigenvalue weighted by Gasteiger charge is -2.33. The minimum atomic E-state index is -0.468. The van der Waals surface area contributed by atoms with Gasteiger partial charge in [-0.2, -0.15) is 0 Å². The number of amides is 1. The minimum absolute atomic E-state index is 0.0125. The lowest BCUT2D eigenvalue weighted by molar-refractivity contribution is 0.0600. The number of rotatable bonds is 4. The van der Waals surface area contributed by atoms with Crippen molar-refractivity contribution in [3.63, 3.8) is 0 Å². The average Bonchev–Trinajstić information content (AvgIpc) is 2.95. The molecule has 0 bridgehead atoms. The monoisotopic (exact) mass is 444 g/mol. The first-order valence-electron chi connectivity index (χ1n) is 8.65. The number of ether oxygens (including phenoxy) is 1. The number of nitrogens with one attached hydrogen (secondary N) is 2. The van der Waals surface area contributed by atoms with E-state index in [4.69, 9.17) is 39.5 Å². The fourth-order valence-corrected chi connectivity index (χ4v) is 3.74. The van der Waals surface area contributed by atoms with E-state index in [0.717, 1.165) is 0 Å². The number of aryl methyl sites for hydroxylation is 1. The quantitative estimate of drug-likeness (QED) is 0.551. The SMILES string of the molecule is COC(=O)c1cc(Cl)nc(N2CCC(NC(=O)c3[nH]c(C)c(Cl)c3Cl)CC2)c1. The van der Waals surface area contributed by atoms with Gasteiger partial charge < -0.3 is 19.9 Å². The molecule has 1 aliphatic heterocycles. The average molecular weight is 446 g/mol. The van der Waals surface area contributed by atoms with E-state index < -0.39 is 5.97 Å². The molecule has 1 fully saturated rings. The maximum Gasteiger partial charge on any atom is 0.338 e. The van der Waals surface area contributed by atoms with Crippen LogP contribution in [0.2, 0.25) is 15.2 Å². The summed E-state index contributed by atoms with van der Waals surface area (Å²) in [5, 5.41) is 3.79. The van der Waals surface area contributed by atoms with E-state index in [1.54, 1.807) is 13.0 Å². The second kappa shape index (κ2) is 8.59. The first kappa shape index (κ1) is 20.8. The summed E-state index contributed by atoms with van der Waals surface area (Å²) in [5.74, 6) is -0.149. The highest BCUT2D eigenvalue weighted by Gasteiger charge is 2.25. The van der Waals surface area contributed by atoms with Gasteiger partial charge in [0.15, 0.2) is 0 Å². The smallest absolute Gasteiger partial charge is 0.338 e. The summed E-state index contributed by atoms with van der Waals surface area (Å²) < 4.78 is 4.74. The van der Waals surface area contributed by atoms with Crippen molar-refractivity contribution in [3.8, 4) is 0 Å². The van der Waals surface area contributed by atoms with Crippen molar-refractivity contribution < 1.29 is 14.3 Å². The molecule has 7 nitrogen and oxygen atoms in total. The lowest BCUT2D eigenvalue weighted by Crippen LogP contribution is -2.45. The Hall–Kier alpha value is -1.96. The molecule has 0 aliphatic carbocycles. The molecule has 1 saturated heterocycles. The van der Waals surface area contributed by atoms with Crippen molar-refractivity contribution in [1.29, 1.82) is 0 Å². The number of aromatic nitrogens is 2. The van der Waals surface area contributed by atoms with Gasteiger partial charge in [0.1, 0.15) is 16.7 Å². The van der Waals surface area contributed by atoms with Gasteiger partial charge in [-0.3, -0.25) is 4.79 Å². The number of esters is 1. The maximum atomic E-state index is 12.5. The summed E-state index contributed by atoms with van der Waals surface area (Å²) in [6.45, 7) is 3.05. The zero-order chi connectivity index (χ0) is 20.4. The molecule has 3 heterocycles. The normalized spacial score (nSPS) is 14.8. The van der Waals surface area contributed by atoms with Crippen molar-refractivity contribution in [1.82, 2.24) is 15.3 Å². The molecule has 0 unspecified atom stereocenters. The summed E-state index contributed by atoms with van der Waals surface area (Å²) in [6, 6.07) is 3.11. The van der Waals surface area contributed by atoms with Gasteiger partial charge >= 0.3 is 5.97 Å². The molecule has 1 amide bonds. The Labute approximate surface area is 177 Å². The number of carbonyl (C=O) groups excluding carboxylic acids is 2. The van der Waals surface area contributed by atoms with Gasteiger partial charge in [-0.1, -0.05) is 34.8 Å². The summed E-state index contributed by atoms with van der Waals surface area (Å²) in [7, 11) is 1.32. The molecule has 0 atom stereocenters. The van der Waals surface area contributed by atoms with Crippen LogP contribution >= 0.6 is 34.8 Å². The van der Waals surface area contributed by atoms with Gasteiger partial charge in [-0.05, 0) is 31.9 Å². The van der Waals surface area contributed by atoms with Crippen LogP contribution in [0.4, 0.5) is 5.82 Å². The third-order valence-corrected chi connectivity index (χ3v) is 5.78. The molecule has 0 saturated carbocycles. The number of H-pyrrole nitrogens is 1. The molecule has 0 radical (unpaired) electrons. The number of anilines is 1. The van der Waals surface area contributed by atoms with Crippen LogP contribution in [0, 0.1) is 6.92 Å². The third-order valence-electron chi connectivity index (χ3n) is 4.64. The van der Waals surface area contributed by atoms with Crippen LogP contribution < -0.4 is 10.2 Å². The van der Waals surface area contributed by atoms with Crippen LogP contribution in [-0.2, 0) is 4.74 Å². The van der Waals surface area contributed by atoms with Gasteiger partial charge in [0.05, 0.1) is 22.7 Å². The second-order valence-corrected chi connectivity index (χ2v) is 7.66. The number of piperidine rings is 1. The zero-order valence-corrected chi connectivity index (χ0v) is 17.6. The van der Waals surface area contributed by atoms with E-state index in [-0.39, 0.29) is 27.8 Å². The van der Waals surface area contributed by atoms with Crippen LogP contribution in [0.15, 0.2) is 12.1 Å². The van der Waals surface area contributed by atoms with Gasteiger partial charge in [-0.25, -0.2) is 9.78 Å². The molecular formula is C18H19Cl3N4O3. The van der Waals surface area contributed by atoms with E-state index in [0.29, 0.717) is 48.0 Å². The predicted octanol–water partition coefficient (Wildman–Crippen LogP) is 3.86. The van der Waals surface area contributed by atoms with Gasteiger partial charge in [0.25, 0.3) is 5.91 Å². The molecule has 2 N–H and O–H groups in total. The van der Waals surface area contributed by atoms with Gasteiger partial charge in [0.2, 0.25) is 0 Å². The van der Waals surface area contributed by atoms with E-state index in [2.05, 4.69) is 15.3 Å². The highest BCUT2D eigenvalue weighted by atomic mass is 35.5. The van der Waals surface area contributed by atoms with E-state index in [1.807, 2.05) is 4.90 Å². The molecule has 2 aromatic rings. The number of carbonyl (C=O) groups is 2. The van der Waals surface area contributed by atoms with Crippen LogP contribution in [0.25, 0.3) is 0 Å². The van der Waals surface area contributed by atoms with Crippen molar-refractivity contribution in [3.05, 3.63) is 44.3 Å². The molecule has 28 heavy (non-hydrogen) atoms. The van der Waals surface area contributed by atoms with Gasteiger partial charge in [0, 0.05) is 24.8 Å². The fraction of sp³-hybridized carbons (Fsp3) is 0.389. The summed E-state index contributed by atoms with van der Waals surface area (Å²) >= 11 is 18.2. The van der Waals surface area contributed by atoms with Crippen LogP contribution in [0.3, 0.4) is 0 Å². The molecule has 0 aromatic carbocycles. The Morgan fingerprint density at radius 1 is 1.21 bits per heavy atom. The van der Waals surface area contributed by atoms with E-state index in [1.165, 1.54) is 13.2 Å². The third kappa shape index (κ3) is 4.37.